The van der Waals surface area contributed by atoms with Gasteiger partial charge in [-0.3, -0.25) is 0 Å². The van der Waals surface area contributed by atoms with Crippen molar-refractivity contribution in [2.24, 2.45) is 5.16 Å². The van der Waals surface area contributed by atoms with E-state index in [0.29, 0.717) is 6.07 Å². The molecule has 5 nitrogen and oxygen atoms in total. The highest BCUT2D eigenvalue weighted by molar-refractivity contribution is 6.42. The molecule has 1 atom stereocenters. The van der Waals surface area contributed by atoms with E-state index in [2.05, 4.69) is 15.0 Å². The van der Waals surface area contributed by atoms with Crippen LogP contribution in [-0.4, -0.2) is 27.9 Å². The highest BCUT2D eigenvalue weighted by Crippen LogP contribution is 2.51. The van der Waals surface area contributed by atoms with Crippen LogP contribution in [0.4, 0.5) is 26.3 Å². The van der Waals surface area contributed by atoms with Crippen LogP contribution in [0.5, 0.6) is 0 Å². The summed E-state index contributed by atoms with van der Waals surface area (Å²) in [5.41, 5.74) is -6.20. The molecule has 2 heterocycles. The maximum Gasteiger partial charge on any atom is 0.435 e. The fourth-order valence-corrected chi connectivity index (χ4v) is 3.48. The van der Waals surface area contributed by atoms with Crippen LogP contribution in [0.2, 0.25) is 10.0 Å². The molecule has 2 aromatic rings. The minimum Gasteiger partial charge on any atom is -0.477 e. The number of carboxylic acid groups (broad SMARTS) is 1. The molecule has 0 spiro atoms. The van der Waals surface area contributed by atoms with Crippen molar-refractivity contribution in [1.29, 1.82) is 0 Å². The van der Waals surface area contributed by atoms with E-state index in [1.54, 1.807) is 0 Å². The normalized spacial score (nSPS) is 19.2. The number of oxime groups is 1. The van der Waals surface area contributed by atoms with Crippen molar-refractivity contribution in [2.45, 2.75) is 31.3 Å². The second-order valence-corrected chi connectivity index (χ2v) is 7.43. The van der Waals surface area contributed by atoms with Gasteiger partial charge in [-0.2, -0.15) is 26.3 Å². The van der Waals surface area contributed by atoms with Crippen molar-refractivity contribution in [3.8, 4) is 0 Å². The lowest BCUT2D eigenvalue weighted by atomic mass is 9.85. The number of nitrogens with zero attached hydrogens (tertiary/aromatic N) is 2. The van der Waals surface area contributed by atoms with Crippen LogP contribution < -0.4 is 0 Å². The minimum atomic E-state index is -5.19. The lowest BCUT2D eigenvalue weighted by molar-refractivity contribution is -0.276. The molecule has 13 heteroatoms. The molecule has 1 N–H and O–H groups in total. The van der Waals surface area contributed by atoms with Crippen LogP contribution >= 0.6 is 23.2 Å². The number of hydrogen-bond donors (Lipinski definition) is 1. The molecule has 0 saturated carbocycles. The summed E-state index contributed by atoms with van der Waals surface area (Å²) in [6.07, 6.45) is -10.3. The van der Waals surface area contributed by atoms with Crippen LogP contribution in [0.3, 0.4) is 0 Å². The topological polar surface area (TPSA) is 71.8 Å². The molecule has 1 aliphatic heterocycles. The Labute approximate surface area is 180 Å². The SMILES string of the molecule is Cc1cc(C2=NOC(c3cc(Cl)c(Cl)c(C(F)(F)F)c3)(C(F)(F)F)C2)cnc1C(=O)O. The zero-order chi connectivity index (χ0) is 23.4. The number of carboxylic acids is 1. The van der Waals surface area contributed by atoms with Crippen molar-refractivity contribution in [1.82, 2.24) is 4.98 Å². The van der Waals surface area contributed by atoms with E-state index in [4.69, 9.17) is 28.3 Å². The number of aromatic nitrogens is 1. The van der Waals surface area contributed by atoms with Gasteiger partial charge in [0, 0.05) is 17.3 Å². The fourth-order valence-electron chi connectivity index (χ4n) is 3.04. The molecule has 1 aromatic heterocycles. The molecule has 3 rings (SSSR count). The first-order chi connectivity index (χ1) is 14.2. The standard InChI is InChI=1S/C18H10Cl2F6N2O3/c1-7-2-8(6-27-14(7)15(29)30)12-5-16(31-28-12,18(24,25)26)9-3-10(17(21,22)23)13(20)11(19)4-9/h2-4,6H,5H2,1H3,(H,29,30). The Hall–Kier alpha value is -2.53. The number of halogens is 8. The number of aryl methyl sites for hydroxylation is 1. The molecule has 1 aliphatic rings. The second kappa shape index (κ2) is 7.56. The predicted molar refractivity (Wildman–Crippen MR) is 97.4 cm³/mol. The summed E-state index contributed by atoms with van der Waals surface area (Å²) >= 11 is 11.2. The Morgan fingerprint density at radius 3 is 2.32 bits per heavy atom. The Kier molecular flexibility index (Phi) is 5.64. The van der Waals surface area contributed by atoms with Crippen molar-refractivity contribution >= 4 is 34.9 Å². The van der Waals surface area contributed by atoms with Gasteiger partial charge >= 0.3 is 18.3 Å². The zero-order valence-electron chi connectivity index (χ0n) is 15.2. The Morgan fingerprint density at radius 2 is 1.81 bits per heavy atom. The fraction of sp³-hybridized carbons (Fsp3) is 0.278. The molecule has 0 fully saturated rings. The maximum absolute atomic E-state index is 14.1. The molecule has 1 unspecified atom stereocenters. The van der Waals surface area contributed by atoms with E-state index in [1.807, 2.05) is 0 Å². The van der Waals surface area contributed by atoms with E-state index in [9.17, 15) is 31.1 Å². The van der Waals surface area contributed by atoms with Crippen LogP contribution in [0.25, 0.3) is 0 Å². The molecule has 0 aliphatic carbocycles. The summed E-state index contributed by atoms with van der Waals surface area (Å²) in [4.78, 5) is 19.4. The lowest BCUT2D eigenvalue weighted by Crippen LogP contribution is -2.43. The molecule has 1 aromatic carbocycles. The van der Waals surface area contributed by atoms with Crippen molar-refractivity contribution < 1.29 is 41.1 Å². The number of pyridine rings is 1. The molecule has 31 heavy (non-hydrogen) atoms. The quantitative estimate of drug-likeness (QED) is 0.540. The van der Waals surface area contributed by atoms with Crippen LogP contribution in [-0.2, 0) is 16.6 Å². The molecule has 166 valence electrons. The first-order valence-electron chi connectivity index (χ1n) is 8.26. The zero-order valence-corrected chi connectivity index (χ0v) is 16.7. The monoisotopic (exact) mass is 486 g/mol. The molecule has 0 bridgehead atoms. The molecular formula is C18H10Cl2F6N2O3. The summed E-state index contributed by atoms with van der Waals surface area (Å²) in [7, 11) is 0. The maximum atomic E-state index is 14.1. The number of alkyl halides is 6. The van der Waals surface area contributed by atoms with Crippen molar-refractivity contribution in [3.05, 3.63) is 62.4 Å². The summed E-state index contributed by atoms with van der Waals surface area (Å²) in [6.45, 7) is 1.38. The van der Waals surface area contributed by atoms with Gasteiger partial charge in [0.15, 0.2) is 5.69 Å². The van der Waals surface area contributed by atoms with E-state index >= 15 is 0 Å². The Bertz CT molecular complexity index is 1100. The van der Waals surface area contributed by atoms with Crippen LogP contribution in [0.15, 0.2) is 29.6 Å². The third-order valence-electron chi connectivity index (χ3n) is 4.60. The number of benzene rings is 1. The van der Waals surface area contributed by atoms with Gasteiger partial charge in [0.1, 0.15) is 0 Å². The summed E-state index contributed by atoms with van der Waals surface area (Å²) in [6, 6.07) is 2.10. The van der Waals surface area contributed by atoms with Gasteiger partial charge in [-0.15, -0.1) is 0 Å². The van der Waals surface area contributed by atoms with Gasteiger partial charge in [0.25, 0.3) is 5.60 Å². The minimum absolute atomic E-state index is 0.0183. The number of rotatable bonds is 3. The van der Waals surface area contributed by atoms with Gasteiger partial charge < -0.3 is 9.94 Å². The smallest absolute Gasteiger partial charge is 0.435 e. The Morgan fingerprint density at radius 1 is 1.16 bits per heavy atom. The van der Waals surface area contributed by atoms with Gasteiger partial charge in [-0.25, -0.2) is 9.78 Å². The third kappa shape index (κ3) is 4.03. The second-order valence-electron chi connectivity index (χ2n) is 6.64. The van der Waals surface area contributed by atoms with E-state index < -0.39 is 51.5 Å². The van der Waals surface area contributed by atoms with Gasteiger partial charge in [-0.05, 0) is 30.7 Å². The summed E-state index contributed by atoms with van der Waals surface area (Å²) < 4.78 is 81.9. The van der Waals surface area contributed by atoms with Crippen LogP contribution in [0.1, 0.15) is 39.2 Å². The van der Waals surface area contributed by atoms with Gasteiger partial charge in [-0.1, -0.05) is 28.4 Å². The summed E-state index contributed by atoms with van der Waals surface area (Å²) in [5, 5.41) is 10.7. The average Bonchev–Trinajstić information content (AvgIpc) is 3.09. The number of carbonyl (C=O) groups is 1. The highest BCUT2D eigenvalue weighted by atomic mass is 35.5. The highest BCUT2D eigenvalue weighted by Gasteiger charge is 2.63. The largest absolute Gasteiger partial charge is 0.477 e. The first-order valence-corrected chi connectivity index (χ1v) is 9.02. The number of hydrogen-bond acceptors (Lipinski definition) is 4. The third-order valence-corrected chi connectivity index (χ3v) is 5.40. The van der Waals surface area contributed by atoms with Gasteiger partial charge in [0.05, 0.1) is 27.7 Å². The number of aromatic carboxylic acids is 1. The van der Waals surface area contributed by atoms with E-state index in [-0.39, 0.29) is 28.6 Å². The summed E-state index contributed by atoms with van der Waals surface area (Å²) in [5.74, 6) is -1.34. The van der Waals surface area contributed by atoms with Gasteiger partial charge in [0.2, 0.25) is 0 Å². The van der Waals surface area contributed by atoms with Crippen LogP contribution in [0, 0.1) is 6.92 Å². The molecule has 0 radical (unpaired) electrons. The average molecular weight is 487 g/mol. The molecule has 0 saturated heterocycles. The Balaban J connectivity index is 2.10. The molecular weight excluding hydrogens is 477 g/mol. The predicted octanol–water partition coefficient (Wildman–Crippen LogP) is 6.00. The van der Waals surface area contributed by atoms with E-state index in [1.165, 1.54) is 13.0 Å². The van der Waals surface area contributed by atoms with Crippen molar-refractivity contribution in [3.63, 3.8) is 0 Å². The molecule has 0 amide bonds. The first kappa shape index (κ1) is 23.1. The van der Waals surface area contributed by atoms with Crippen molar-refractivity contribution in [2.75, 3.05) is 0 Å². The lowest BCUT2D eigenvalue weighted by Gasteiger charge is -2.30. The van der Waals surface area contributed by atoms with E-state index in [0.717, 1.165) is 6.20 Å².